The first-order valence-electron chi connectivity index (χ1n) is 5.69. The predicted molar refractivity (Wildman–Crippen MR) is 77.0 cm³/mol. The normalized spacial score (nSPS) is 11.7. The van der Waals surface area contributed by atoms with E-state index >= 15 is 0 Å². The number of nitrogens with one attached hydrogen (secondary N) is 1. The molecule has 0 aliphatic rings. The molecule has 0 fully saturated rings. The van der Waals surface area contributed by atoms with Crippen molar-refractivity contribution >= 4 is 37.5 Å². The van der Waals surface area contributed by atoms with Gasteiger partial charge in [-0.3, -0.25) is 4.79 Å². The van der Waals surface area contributed by atoms with E-state index in [2.05, 4.69) is 21.2 Å². The lowest BCUT2D eigenvalue weighted by atomic mass is 10.3. The first kappa shape index (κ1) is 16.9. The van der Waals surface area contributed by atoms with Gasteiger partial charge in [-0.2, -0.15) is 4.31 Å². The van der Waals surface area contributed by atoms with Crippen molar-refractivity contribution in [3.05, 3.63) is 22.4 Å². The average Bonchev–Trinajstić information content (AvgIpc) is 2.39. The van der Waals surface area contributed by atoms with Gasteiger partial charge in [0.2, 0.25) is 15.9 Å². The molecule has 0 spiro atoms. The van der Waals surface area contributed by atoms with Crippen LogP contribution in [-0.4, -0.2) is 38.8 Å². The van der Waals surface area contributed by atoms with Gasteiger partial charge in [-0.1, -0.05) is 6.92 Å². The molecular weight excluding hydrogens is 353 g/mol. The maximum Gasteiger partial charge on any atom is 0.246 e. The van der Waals surface area contributed by atoms with Crippen molar-refractivity contribution in [2.24, 2.45) is 0 Å². The molecule has 20 heavy (non-hydrogen) atoms. The fourth-order valence-corrected chi connectivity index (χ4v) is 3.29. The molecule has 0 aromatic heterocycles. The largest absolute Gasteiger partial charge is 0.398 e. The highest BCUT2D eigenvalue weighted by Gasteiger charge is 2.28. The smallest absolute Gasteiger partial charge is 0.246 e. The second kappa shape index (κ2) is 6.51. The van der Waals surface area contributed by atoms with E-state index in [-0.39, 0.29) is 23.2 Å². The molecule has 112 valence electrons. The highest BCUT2D eigenvalue weighted by Crippen LogP contribution is 2.27. The summed E-state index contributed by atoms with van der Waals surface area (Å²) in [6.07, 6.45) is 0. The molecular formula is C11H15BrFN3O3S. The number of nitrogens with two attached hydrogens (primary N) is 1. The van der Waals surface area contributed by atoms with Crippen LogP contribution in [0.15, 0.2) is 21.5 Å². The number of benzene rings is 1. The Balaban J connectivity index is 3.27. The monoisotopic (exact) mass is 367 g/mol. The zero-order valence-electron chi connectivity index (χ0n) is 11.0. The molecule has 0 aliphatic heterocycles. The summed E-state index contributed by atoms with van der Waals surface area (Å²) in [5.74, 6) is -1.41. The number of amides is 1. The quantitative estimate of drug-likeness (QED) is 0.757. The summed E-state index contributed by atoms with van der Waals surface area (Å²) in [5.41, 5.74) is 5.68. The van der Waals surface area contributed by atoms with Crippen molar-refractivity contribution in [3.8, 4) is 0 Å². The third-order valence-corrected chi connectivity index (χ3v) is 5.24. The van der Waals surface area contributed by atoms with Crippen LogP contribution < -0.4 is 11.1 Å². The molecule has 0 atom stereocenters. The van der Waals surface area contributed by atoms with E-state index in [4.69, 9.17) is 5.73 Å². The number of nitrogen functional groups attached to an aromatic ring is 1. The number of carbonyl (C=O) groups is 1. The van der Waals surface area contributed by atoms with Gasteiger partial charge < -0.3 is 11.1 Å². The minimum atomic E-state index is -4.13. The van der Waals surface area contributed by atoms with Crippen molar-refractivity contribution in [1.82, 2.24) is 9.62 Å². The molecule has 1 aromatic carbocycles. The number of hydrogen-bond donors (Lipinski definition) is 2. The fourth-order valence-electron chi connectivity index (χ4n) is 1.49. The molecule has 1 amide bonds. The minimum absolute atomic E-state index is 0.0329. The second-order valence-electron chi connectivity index (χ2n) is 3.91. The zero-order chi connectivity index (χ0) is 15.5. The van der Waals surface area contributed by atoms with Crippen LogP contribution in [0, 0.1) is 5.82 Å². The third-order valence-electron chi connectivity index (χ3n) is 2.62. The standard InChI is InChI=1S/C11H15BrFN3O3S/c1-3-16(6-11(17)15-2)20(18,19)10-5-9(14)7(12)4-8(10)13/h4-5H,3,6,14H2,1-2H3,(H,15,17). The Bertz CT molecular complexity index is 622. The zero-order valence-corrected chi connectivity index (χ0v) is 13.4. The van der Waals surface area contributed by atoms with E-state index < -0.39 is 26.6 Å². The molecule has 0 saturated heterocycles. The van der Waals surface area contributed by atoms with E-state index in [0.717, 1.165) is 16.4 Å². The van der Waals surface area contributed by atoms with Crippen LogP contribution in [0.5, 0.6) is 0 Å². The van der Waals surface area contributed by atoms with Crippen LogP contribution in [0.2, 0.25) is 0 Å². The Morgan fingerprint density at radius 2 is 2.10 bits per heavy atom. The lowest BCUT2D eigenvalue weighted by molar-refractivity contribution is -0.120. The van der Waals surface area contributed by atoms with Crippen molar-refractivity contribution in [1.29, 1.82) is 0 Å². The summed E-state index contributed by atoms with van der Waals surface area (Å²) in [6, 6.07) is 2.01. The summed E-state index contributed by atoms with van der Waals surface area (Å²) in [6.45, 7) is 1.20. The topological polar surface area (TPSA) is 92.5 Å². The summed E-state index contributed by atoms with van der Waals surface area (Å²) >= 11 is 3.01. The van der Waals surface area contributed by atoms with Crippen LogP contribution in [0.25, 0.3) is 0 Å². The molecule has 3 N–H and O–H groups in total. The Labute approximate surface area is 125 Å². The highest BCUT2D eigenvalue weighted by atomic mass is 79.9. The Hall–Kier alpha value is -1.19. The van der Waals surface area contributed by atoms with Crippen LogP contribution in [-0.2, 0) is 14.8 Å². The van der Waals surface area contributed by atoms with Crippen LogP contribution >= 0.6 is 15.9 Å². The fraction of sp³-hybridized carbons (Fsp3) is 0.364. The third kappa shape index (κ3) is 3.47. The number of nitrogens with zero attached hydrogens (tertiary/aromatic N) is 1. The van der Waals surface area contributed by atoms with Gasteiger partial charge in [0.15, 0.2) is 0 Å². The van der Waals surface area contributed by atoms with Crippen molar-refractivity contribution in [2.45, 2.75) is 11.8 Å². The molecule has 0 saturated carbocycles. The average molecular weight is 368 g/mol. The van der Waals surface area contributed by atoms with E-state index in [9.17, 15) is 17.6 Å². The van der Waals surface area contributed by atoms with Gasteiger partial charge in [-0.25, -0.2) is 12.8 Å². The van der Waals surface area contributed by atoms with Crippen LogP contribution in [0.1, 0.15) is 6.92 Å². The molecule has 0 radical (unpaired) electrons. The van der Waals surface area contributed by atoms with E-state index in [1.54, 1.807) is 6.92 Å². The summed E-state index contributed by atoms with van der Waals surface area (Å²) in [4.78, 5) is 10.8. The molecule has 0 aliphatic carbocycles. The molecule has 6 nitrogen and oxygen atoms in total. The Morgan fingerprint density at radius 1 is 1.50 bits per heavy atom. The Kier molecular flexibility index (Phi) is 5.49. The van der Waals surface area contributed by atoms with Crippen molar-refractivity contribution < 1.29 is 17.6 Å². The number of rotatable bonds is 5. The number of carbonyl (C=O) groups excluding carboxylic acids is 1. The van der Waals surface area contributed by atoms with Gasteiger partial charge >= 0.3 is 0 Å². The number of halogens is 2. The number of hydrogen-bond acceptors (Lipinski definition) is 4. The number of sulfonamides is 1. The summed E-state index contributed by atoms with van der Waals surface area (Å²) in [7, 11) is -2.74. The SMILES string of the molecule is CCN(CC(=O)NC)S(=O)(=O)c1cc(N)c(Br)cc1F. The highest BCUT2D eigenvalue weighted by molar-refractivity contribution is 9.10. The van der Waals surface area contributed by atoms with E-state index in [1.807, 2.05) is 0 Å². The van der Waals surface area contributed by atoms with Gasteiger partial charge in [0.25, 0.3) is 0 Å². The van der Waals surface area contributed by atoms with Crippen molar-refractivity contribution in [3.63, 3.8) is 0 Å². The molecule has 1 aromatic rings. The van der Waals surface area contributed by atoms with E-state index in [1.165, 1.54) is 7.05 Å². The Morgan fingerprint density at radius 3 is 2.60 bits per heavy atom. The minimum Gasteiger partial charge on any atom is -0.398 e. The summed E-state index contributed by atoms with van der Waals surface area (Å²) < 4.78 is 39.7. The maximum atomic E-state index is 13.9. The van der Waals surface area contributed by atoms with Gasteiger partial charge in [-0.05, 0) is 28.1 Å². The molecule has 1 rings (SSSR count). The lowest BCUT2D eigenvalue weighted by Gasteiger charge is -2.20. The maximum absolute atomic E-state index is 13.9. The van der Waals surface area contributed by atoms with Gasteiger partial charge in [-0.15, -0.1) is 0 Å². The van der Waals surface area contributed by atoms with Crippen LogP contribution in [0.3, 0.4) is 0 Å². The first-order chi connectivity index (χ1) is 9.23. The molecule has 0 bridgehead atoms. The molecule has 0 unspecified atom stereocenters. The number of anilines is 1. The van der Waals surface area contributed by atoms with Gasteiger partial charge in [0.05, 0.1) is 6.54 Å². The van der Waals surface area contributed by atoms with E-state index in [0.29, 0.717) is 0 Å². The van der Waals surface area contributed by atoms with Crippen LogP contribution in [0.4, 0.5) is 10.1 Å². The molecule has 0 heterocycles. The summed E-state index contributed by atoms with van der Waals surface area (Å²) in [5, 5.41) is 2.32. The molecule has 9 heteroatoms. The second-order valence-corrected chi connectivity index (χ2v) is 6.67. The van der Waals surface area contributed by atoms with Crippen molar-refractivity contribution in [2.75, 3.05) is 25.9 Å². The van der Waals surface area contributed by atoms with Gasteiger partial charge in [0.1, 0.15) is 10.7 Å². The number of likely N-dealkylation sites (N-methyl/N-ethyl adjacent to an activating group) is 2. The first-order valence-corrected chi connectivity index (χ1v) is 7.92. The van der Waals surface area contributed by atoms with Gasteiger partial charge in [0, 0.05) is 23.8 Å². The predicted octanol–water partition coefficient (Wildman–Crippen LogP) is 0.927. The lowest BCUT2D eigenvalue weighted by Crippen LogP contribution is -2.39.